The predicted molar refractivity (Wildman–Crippen MR) is 87.4 cm³/mol. The van der Waals surface area contributed by atoms with Crippen molar-refractivity contribution in [2.45, 2.75) is 64.3 Å². The van der Waals surface area contributed by atoms with Crippen molar-refractivity contribution in [1.29, 1.82) is 0 Å². The summed E-state index contributed by atoms with van der Waals surface area (Å²) in [6.07, 6.45) is 7.01. The Kier molecular flexibility index (Phi) is 3.58. The summed E-state index contributed by atoms with van der Waals surface area (Å²) in [4.78, 5) is 17.5. The highest BCUT2D eigenvalue weighted by Gasteiger charge is 2.30. The molecule has 0 bridgehead atoms. The Morgan fingerprint density at radius 1 is 1.26 bits per heavy atom. The number of carbonyl (C=O) groups excluding carboxylic acids is 1. The molecule has 122 valence electrons. The molecule has 0 aliphatic heterocycles. The average molecular weight is 313 g/mol. The van der Waals surface area contributed by atoms with Crippen LogP contribution in [-0.4, -0.2) is 22.1 Å². The van der Waals surface area contributed by atoms with Crippen molar-refractivity contribution < 1.29 is 9.32 Å². The van der Waals surface area contributed by atoms with Crippen LogP contribution in [0.3, 0.4) is 0 Å². The Morgan fingerprint density at radius 3 is 2.78 bits per heavy atom. The monoisotopic (exact) mass is 313 g/mol. The molecule has 0 radical (unpaired) electrons. The Bertz CT molecular complexity index is 748. The third-order valence-electron chi connectivity index (χ3n) is 5.31. The summed E-state index contributed by atoms with van der Waals surface area (Å²) in [6.45, 7) is 4.09. The number of nitrogens with zero attached hydrogens (tertiary/aromatic N) is 2. The van der Waals surface area contributed by atoms with Crippen LogP contribution in [0.2, 0.25) is 0 Å². The molecule has 2 aliphatic carbocycles. The lowest BCUT2D eigenvalue weighted by atomic mass is 9.86. The minimum Gasteiger partial charge on any atom is -0.349 e. The average Bonchev–Trinajstić information content (AvgIpc) is 3.33. The SMILES string of the molecule is Cc1noc2nc(C3CC3)cc(C(=O)NC3CCCCC3C)c12. The van der Waals surface area contributed by atoms with Gasteiger partial charge >= 0.3 is 0 Å². The molecule has 2 aromatic rings. The van der Waals surface area contributed by atoms with E-state index in [0.717, 1.165) is 36.0 Å². The second-order valence-corrected chi connectivity index (χ2v) is 7.16. The normalized spacial score (nSPS) is 24.8. The Labute approximate surface area is 135 Å². The summed E-state index contributed by atoms with van der Waals surface area (Å²) >= 11 is 0. The van der Waals surface area contributed by atoms with Crippen LogP contribution >= 0.6 is 0 Å². The maximum absolute atomic E-state index is 12.9. The highest BCUT2D eigenvalue weighted by Crippen LogP contribution is 2.40. The number of rotatable bonds is 3. The maximum Gasteiger partial charge on any atom is 0.259 e. The van der Waals surface area contributed by atoms with Crippen LogP contribution in [0.15, 0.2) is 10.6 Å². The zero-order chi connectivity index (χ0) is 16.0. The lowest BCUT2D eigenvalue weighted by Gasteiger charge is -2.29. The van der Waals surface area contributed by atoms with Gasteiger partial charge < -0.3 is 9.84 Å². The molecule has 1 amide bonds. The predicted octanol–water partition coefficient (Wildman–Crippen LogP) is 3.72. The van der Waals surface area contributed by atoms with E-state index in [1.807, 2.05) is 13.0 Å². The van der Waals surface area contributed by atoms with Crippen LogP contribution in [0.4, 0.5) is 0 Å². The molecule has 5 nitrogen and oxygen atoms in total. The Morgan fingerprint density at radius 2 is 2.04 bits per heavy atom. The van der Waals surface area contributed by atoms with Crippen molar-refractivity contribution in [2.24, 2.45) is 5.92 Å². The standard InChI is InChI=1S/C18H23N3O2/c1-10-5-3-4-6-14(10)19-17(22)13-9-15(12-7-8-12)20-18-16(13)11(2)21-23-18/h9-10,12,14H,3-8H2,1-2H3,(H,19,22). The van der Waals surface area contributed by atoms with E-state index < -0.39 is 0 Å². The first-order valence-electron chi connectivity index (χ1n) is 8.71. The number of carbonyl (C=O) groups is 1. The topological polar surface area (TPSA) is 68.0 Å². The molecule has 0 saturated heterocycles. The van der Waals surface area contributed by atoms with E-state index in [0.29, 0.717) is 23.1 Å². The summed E-state index contributed by atoms with van der Waals surface area (Å²) in [5.74, 6) is 1.01. The fraction of sp³-hybridized carbons (Fsp3) is 0.611. The van der Waals surface area contributed by atoms with Crippen LogP contribution in [0.5, 0.6) is 0 Å². The molecule has 0 aromatic carbocycles. The fourth-order valence-electron chi connectivity index (χ4n) is 3.66. The number of nitrogens with one attached hydrogen (secondary N) is 1. The minimum atomic E-state index is -0.00986. The van der Waals surface area contributed by atoms with Gasteiger partial charge in [-0.1, -0.05) is 24.9 Å². The molecule has 1 N–H and O–H groups in total. The van der Waals surface area contributed by atoms with Crippen molar-refractivity contribution in [3.05, 3.63) is 23.0 Å². The van der Waals surface area contributed by atoms with Crippen molar-refractivity contribution in [3.8, 4) is 0 Å². The molecule has 2 atom stereocenters. The lowest BCUT2D eigenvalue weighted by Crippen LogP contribution is -2.41. The highest BCUT2D eigenvalue weighted by atomic mass is 16.5. The van der Waals surface area contributed by atoms with Crippen LogP contribution in [-0.2, 0) is 0 Å². The van der Waals surface area contributed by atoms with Crippen molar-refractivity contribution in [1.82, 2.24) is 15.5 Å². The minimum absolute atomic E-state index is 0.00986. The molecule has 4 rings (SSSR count). The summed E-state index contributed by atoms with van der Waals surface area (Å²) in [7, 11) is 0. The summed E-state index contributed by atoms with van der Waals surface area (Å²) in [5, 5.41) is 8.01. The van der Waals surface area contributed by atoms with E-state index in [-0.39, 0.29) is 11.9 Å². The highest BCUT2D eigenvalue weighted by molar-refractivity contribution is 6.06. The van der Waals surface area contributed by atoms with Crippen molar-refractivity contribution in [2.75, 3.05) is 0 Å². The Balaban J connectivity index is 1.68. The number of aromatic nitrogens is 2. The first-order chi connectivity index (χ1) is 11.1. The molecule has 2 fully saturated rings. The number of fused-ring (bicyclic) bond motifs is 1. The van der Waals surface area contributed by atoms with Gasteiger partial charge in [-0.15, -0.1) is 0 Å². The molecule has 2 aromatic heterocycles. The summed E-state index contributed by atoms with van der Waals surface area (Å²) in [6, 6.07) is 2.22. The van der Waals surface area contributed by atoms with Gasteiger partial charge in [-0.3, -0.25) is 4.79 Å². The second kappa shape index (κ2) is 5.62. The van der Waals surface area contributed by atoms with E-state index in [1.165, 1.54) is 19.3 Å². The number of pyridine rings is 1. The summed E-state index contributed by atoms with van der Waals surface area (Å²) in [5.41, 5.74) is 2.87. The first kappa shape index (κ1) is 14.7. The van der Waals surface area contributed by atoms with Crippen LogP contribution in [0.1, 0.15) is 73.1 Å². The van der Waals surface area contributed by atoms with Gasteiger partial charge in [-0.25, -0.2) is 4.98 Å². The molecule has 2 saturated carbocycles. The summed E-state index contributed by atoms with van der Waals surface area (Å²) < 4.78 is 5.33. The van der Waals surface area contributed by atoms with E-state index in [4.69, 9.17) is 4.52 Å². The largest absolute Gasteiger partial charge is 0.349 e. The number of amides is 1. The Hall–Kier alpha value is -1.91. The molecule has 2 unspecified atom stereocenters. The van der Waals surface area contributed by atoms with E-state index in [1.54, 1.807) is 0 Å². The van der Waals surface area contributed by atoms with Crippen molar-refractivity contribution >= 4 is 17.0 Å². The molecule has 2 heterocycles. The molecular weight excluding hydrogens is 290 g/mol. The quantitative estimate of drug-likeness (QED) is 0.937. The van der Waals surface area contributed by atoms with Gasteiger partial charge in [0.1, 0.15) is 0 Å². The van der Waals surface area contributed by atoms with Gasteiger partial charge in [0.25, 0.3) is 11.6 Å². The lowest BCUT2D eigenvalue weighted by molar-refractivity contribution is 0.0911. The van der Waals surface area contributed by atoms with E-state index in [9.17, 15) is 4.79 Å². The van der Waals surface area contributed by atoms with Gasteiger partial charge in [-0.2, -0.15) is 0 Å². The molecule has 0 spiro atoms. The molecule has 23 heavy (non-hydrogen) atoms. The molecular formula is C18H23N3O2. The maximum atomic E-state index is 12.9. The number of hydrogen-bond donors (Lipinski definition) is 1. The van der Waals surface area contributed by atoms with E-state index >= 15 is 0 Å². The number of hydrogen-bond acceptors (Lipinski definition) is 4. The van der Waals surface area contributed by atoms with Gasteiger partial charge in [0.2, 0.25) is 0 Å². The molecule has 5 heteroatoms. The molecule has 2 aliphatic rings. The van der Waals surface area contributed by atoms with Crippen LogP contribution in [0.25, 0.3) is 11.1 Å². The van der Waals surface area contributed by atoms with Gasteiger partial charge in [-0.05, 0) is 44.6 Å². The van der Waals surface area contributed by atoms with Crippen molar-refractivity contribution in [3.63, 3.8) is 0 Å². The smallest absolute Gasteiger partial charge is 0.259 e. The van der Waals surface area contributed by atoms with Gasteiger partial charge in [0.15, 0.2) is 0 Å². The van der Waals surface area contributed by atoms with Crippen LogP contribution < -0.4 is 5.32 Å². The van der Waals surface area contributed by atoms with Gasteiger partial charge in [0, 0.05) is 17.7 Å². The van der Waals surface area contributed by atoms with E-state index in [2.05, 4.69) is 22.4 Å². The zero-order valence-electron chi connectivity index (χ0n) is 13.8. The fourth-order valence-corrected chi connectivity index (χ4v) is 3.66. The second-order valence-electron chi connectivity index (χ2n) is 7.16. The zero-order valence-corrected chi connectivity index (χ0v) is 13.8. The van der Waals surface area contributed by atoms with Crippen LogP contribution in [0, 0.1) is 12.8 Å². The third-order valence-corrected chi connectivity index (χ3v) is 5.31. The third kappa shape index (κ3) is 2.73. The van der Waals surface area contributed by atoms with Gasteiger partial charge in [0.05, 0.1) is 16.6 Å². The number of aryl methyl sites for hydroxylation is 1. The first-order valence-corrected chi connectivity index (χ1v) is 8.71.